The summed E-state index contributed by atoms with van der Waals surface area (Å²) in [5.41, 5.74) is 3.87. The maximum atomic E-state index is 12.1. The SMILES string of the molecule is C/C=C1/CC(C)=C(c2ccc(OC)cc2)C1=O. The van der Waals surface area contributed by atoms with Crippen LogP contribution in [0.4, 0.5) is 0 Å². The smallest absolute Gasteiger partial charge is 0.189 e. The fourth-order valence-corrected chi connectivity index (χ4v) is 2.18. The lowest BCUT2D eigenvalue weighted by Crippen LogP contribution is -1.98. The van der Waals surface area contributed by atoms with Crippen LogP contribution in [-0.4, -0.2) is 12.9 Å². The first-order valence-electron chi connectivity index (χ1n) is 5.71. The summed E-state index contributed by atoms with van der Waals surface area (Å²) in [5.74, 6) is 0.971. The standard InChI is InChI=1S/C15H16O2/c1-4-11-9-10(2)14(15(11)16)12-5-7-13(17-3)8-6-12/h4-8H,9H2,1-3H3/b11-4-. The quantitative estimate of drug-likeness (QED) is 0.725. The van der Waals surface area contributed by atoms with Gasteiger partial charge in [0.25, 0.3) is 0 Å². The molecule has 1 aliphatic rings. The Bertz CT molecular complexity index is 504. The molecule has 1 aromatic rings. The molecule has 0 aliphatic heterocycles. The third-order valence-electron chi connectivity index (χ3n) is 3.13. The lowest BCUT2D eigenvalue weighted by atomic mass is 10.0. The Morgan fingerprint density at radius 2 is 1.88 bits per heavy atom. The Kier molecular flexibility index (Phi) is 3.14. The highest BCUT2D eigenvalue weighted by Gasteiger charge is 2.25. The van der Waals surface area contributed by atoms with Crippen molar-refractivity contribution < 1.29 is 9.53 Å². The summed E-state index contributed by atoms with van der Waals surface area (Å²) in [6, 6.07) is 7.65. The van der Waals surface area contributed by atoms with Crippen LogP contribution in [0.2, 0.25) is 0 Å². The van der Waals surface area contributed by atoms with E-state index in [0.29, 0.717) is 0 Å². The van der Waals surface area contributed by atoms with E-state index in [-0.39, 0.29) is 5.78 Å². The number of allylic oxidation sites excluding steroid dienone is 4. The average Bonchev–Trinajstić information content (AvgIpc) is 2.64. The van der Waals surface area contributed by atoms with Gasteiger partial charge in [-0.1, -0.05) is 23.8 Å². The zero-order chi connectivity index (χ0) is 12.4. The van der Waals surface area contributed by atoms with Crippen molar-refractivity contribution in [3.63, 3.8) is 0 Å². The van der Waals surface area contributed by atoms with Gasteiger partial charge in [0.15, 0.2) is 5.78 Å². The van der Waals surface area contributed by atoms with Crippen molar-refractivity contribution in [2.75, 3.05) is 7.11 Å². The predicted octanol–water partition coefficient (Wildman–Crippen LogP) is 3.39. The molecule has 0 aromatic heterocycles. The van der Waals surface area contributed by atoms with E-state index in [1.807, 2.05) is 44.2 Å². The van der Waals surface area contributed by atoms with Gasteiger partial charge in [0.2, 0.25) is 0 Å². The Morgan fingerprint density at radius 3 is 2.35 bits per heavy atom. The second kappa shape index (κ2) is 4.58. The van der Waals surface area contributed by atoms with Gasteiger partial charge in [-0.15, -0.1) is 0 Å². The molecule has 0 spiro atoms. The number of Topliss-reactive ketones (excluding diaryl/α,β-unsaturated/α-hetero) is 1. The first-order chi connectivity index (χ1) is 8.17. The Labute approximate surface area is 102 Å². The molecule has 2 heteroatoms. The molecule has 0 saturated heterocycles. The zero-order valence-electron chi connectivity index (χ0n) is 10.4. The number of hydrogen-bond acceptors (Lipinski definition) is 2. The Hall–Kier alpha value is -1.83. The molecule has 0 saturated carbocycles. The van der Waals surface area contributed by atoms with Gasteiger partial charge in [-0.2, -0.15) is 0 Å². The van der Waals surface area contributed by atoms with Crippen LogP contribution in [-0.2, 0) is 4.79 Å². The van der Waals surface area contributed by atoms with Crippen LogP contribution in [0.25, 0.3) is 5.57 Å². The second-order valence-corrected chi connectivity index (χ2v) is 4.20. The number of ether oxygens (including phenoxy) is 1. The van der Waals surface area contributed by atoms with Crippen molar-refractivity contribution in [3.8, 4) is 5.75 Å². The Balaban J connectivity index is 2.40. The van der Waals surface area contributed by atoms with E-state index in [4.69, 9.17) is 4.74 Å². The van der Waals surface area contributed by atoms with Crippen LogP contribution in [0.3, 0.4) is 0 Å². The predicted molar refractivity (Wildman–Crippen MR) is 69.0 cm³/mol. The number of carbonyl (C=O) groups is 1. The molecule has 0 bridgehead atoms. The maximum Gasteiger partial charge on any atom is 0.189 e. The minimum absolute atomic E-state index is 0.162. The molecule has 0 fully saturated rings. The number of methoxy groups -OCH3 is 1. The van der Waals surface area contributed by atoms with Crippen molar-refractivity contribution in [1.82, 2.24) is 0 Å². The first-order valence-corrected chi connectivity index (χ1v) is 5.71. The fraction of sp³-hybridized carbons (Fsp3) is 0.267. The summed E-state index contributed by atoms with van der Waals surface area (Å²) < 4.78 is 5.12. The third-order valence-corrected chi connectivity index (χ3v) is 3.13. The van der Waals surface area contributed by atoms with Gasteiger partial charge >= 0.3 is 0 Å². The Morgan fingerprint density at radius 1 is 1.24 bits per heavy atom. The van der Waals surface area contributed by atoms with Crippen molar-refractivity contribution in [3.05, 3.63) is 47.1 Å². The second-order valence-electron chi connectivity index (χ2n) is 4.20. The average molecular weight is 228 g/mol. The van der Waals surface area contributed by atoms with Gasteiger partial charge < -0.3 is 4.74 Å². The van der Waals surface area contributed by atoms with E-state index in [9.17, 15) is 4.79 Å². The molecule has 2 rings (SSSR count). The van der Waals surface area contributed by atoms with E-state index in [1.54, 1.807) is 7.11 Å². The van der Waals surface area contributed by atoms with Crippen molar-refractivity contribution >= 4 is 11.4 Å². The minimum atomic E-state index is 0.162. The zero-order valence-corrected chi connectivity index (χ0v) is 10.4. The summed E-state index contributed by atoms with van der Waals surface area (Å²) in [5, 5.41) is 0. The number of rotatable bonds is 2. The molecule has 0 amide bonds. The van der Waals surface area contributed by atoms with Crippen LogP contribution in [0.15, 0.2) is 41.5 Å². The normalized spacial score (nSPS) is 18.1. The summed E-state index contributed by atoms with van der Waals surface area (Å²) in [6.45, 7) is 3.94. The lowest BCUT2D eigenvalue weighted by Gasteiger charge is -2.04. The number of benzene rings is 1. The van der Waals surface area contributed by atoms with Crippen molar-refractivity contribution in [1.29, 1.82) is 0 Å². The summed E-state index contributed by atoms with van der Waals surface area (Å²) in [7, 11) is 1.64. The van der Waals surface area contributed by atoms with Gasteiger partial charge in [0.05, 0.1) is 7.11 Å². The van der Waals surface area contributed by atoms with Crippen LogP contribution < -0.4 is 4.74 Å². The fourth-order valence-electron chi connectivity index (χ4n) is 2.18. The molecular weight excluding hydrogens is 212 g/mol. The van der Waals surface area contributed by atoms with Crippen LogP contribution in [0.5, 0.6) is 5.75 Å². The molecule has 2 nitrogen and oxygen atoms in total. The highest BCUT2D eigenvalue weighted by molar-refractivity contribution is 6.32. The van der Waals surface area contributed by atoms with E-state index < -0.39 is 0 Å². The van der Waals surface area contributed by atoms with E-state index in [1.165, 1.54) is 0 Å². The highest BCUT2D eigenvalue weighted by Crippen LogP contribution is 2.34. The number of carbonyl (C=O) groups excluding carboxylic acids is 1. The molecule has 1 aromatic carbocycles. The van der Waals surface area contributed by atoms with Crippen LogP contribution in [0.1, 0.15) is 25.8 Å². The molecular formula is C15H16O2. The molecule has 0 N–H and O–H groups in total. The van der Waals surface area contributed by atoms with Gasteiger partial charge in [0, 0.05) is 5.57 Å². The van der Waals surface area contributed by atoms with Crippen LogP contribution >= 0.6 is 0 Å². The first kappa shape index (κ1) is 11.6. The molecule has 0 unspecified atom stereocenters. The van der Waals surface area contributed by atoms with Gasteiger partial charge in [-0.3, -0.25) is 4.79 Å². The van der Waals surface area contributed by atoms with Crippen molar-refractivity contribution in [2.45, 2.75) is 20.3 Å². The molecule has 0 radical (unpaired) electrons. The van der Waals surface area contributed by atoms with Gasteiger partial charge in [0.1, 0.15) is 5.75 Å². The number of hydrogen-bond donors (Lipinski definition) is 0. The van der Waals surface area contributed by atoms with E-state index >= 15 is 0 Å². The van der Waals surface area contributed by atoms with Crippen molar-refractivity contribution in [2.24, 2.45) is 0 Å². The monoisotopic (exact) mass is 228 g/mol. The molecule has 0 atom stereocenters. The maximum absolute atomic E-state index is 12.1. The largest absolute Gasteiger partial charge is 0.497 e. The molecule has 0 heterocycles. The lowest BCUT2D eigenvalue weighted by molar-refractivity contribution is -0.110. The van der Waals surface area contributed by atoms with Gasteiger partial charge in [-0.05, 0) is 43.5 Å². The topological polar surface area (TPSA) is 26.3 Å². The molecule has 88 valence electrons. The minimum Gasteiger partial charge on any atom is -0.497 e. The van der Waals surface area contributed by atoms with Gasteiger partial charge in [-0.25, -0.2) is 0 Å². The highest BCUT2D eigenvalue weighted by atomic mass is 16.5. The van der Waals surface area contributed by atoms with Crippen LogP contribution in [0, 0.1) is 0 Å². The summed E-state index contributed by atoms with van der Waals surface area (Å²) >= 11 is 0. The summed E-state index contributed by atoms with van der Waals surface area (Å²) in [6.07, 6.45) is 2.68. The summed E-state index contributed by atoms with van der Waals surface area (Å²) in [4.78, 5) is 12.1. The number of ketones is 1. The van der Waals surface area contributed by atoms with E-state index in [2.05, 4.69) is 0 Å². The third kappa shape index (κ3) is 2.03. The molecule has 17 heavy (non-hydrogen) atoms. The van der Waals surface area contributed by atoms with E-state index in [0.717, 1.165) is 34.5 Å². The molecule has 1 aliphatic carbocycles.